The predicted molar refractivity (Wildman–Crippen MR) is 69.4 cm³/mol. The molecule has 1 atom stereocenters. The van der Waals surface area contributed by atoms with E-state index in [0.717, 1.165) is 5.56 Å². The van der Waals surface area contributed by atoms with Gasteiger partial charge in [-0.05, 0) is 36.0 Å². The lowest BCUT2D eigenvalue weighted by molar-refractivity contribution is 0.282. The molecule has 0 bridgehead atoms. The lowest BCUT2D eigenvalue weighted by Gasteiger charge is -2.28. The second kappa shape index (κ2) is 5.07. The molecule has 1 aliphatic carbocycles. The normalized spacial score (nSPS) is 21.8. The molecule has 0 heterocycles. The van der Waals surface area contributed by atoms with Crippen LogP contribution in [-0.2, 0) is 6.54 Å². The smallest absolute Gasteiger partial charge is 0.140 e. The molecule has 0 amide bonds. The summed E-state index contributed by atoms with van der Waals surface area (Å²) in [5.74, 6) is -0.442. The minimum atomic E-state index is -0.442. The molecule has 1 fully saturated rings. The van der Waals surface area contributed by atoms with Crippen molar-refractivity contribution in [2.24, 2.45) is 5.41 Å². The van der Waals surface area contributed by atoms with E-state index in [1.54, 1.807) is 12.1 Å². The fourth-order valence-electron chi connectivity index (χ4n) is 2.71. The van der Waals surface area contributed by atoms with Crippen molar-refractivity contribution in [1.82, 2.24) is 5.32 Å². The van der Waals surface area contributed by atoms with Crippen molar-refractivity contribution in [3.8, 4) is 6.07 Å². The van der Waals surface area contributed by atoms with E-state index < -0.39 is 5.82 Å². The number of hydrogen-bond donors (Lipinski definition) is 1. The van der Waals surface area contributed by atoms with Crippen molar-refractivity contribution in [1.29, 1.82) is 5.26 Å². The Morgan fingerprint density at radius 1 is 1.50 bits per heavy atom. The third-order valence-electron chi connectivity index (χ3n) is 3.96. The van der Waals surface area contributed by atoms with Crippen molar-refractivity contribution in [2.45, 2.75) is 45.7 Å². The van der Waals surface area contributed by atoms with Crippen LogP contribution < -0.4 is 5.32 Å². The Balaban J connectivity index is 2.01. The summed E-state index contributed by atoms with van der Waals surface area (Å²) in [4.78, 5) is 0. The van der Waals surface area contributed by atoms with Crippen LogP contribution in [0.25, 0.3) is 0 Å². The molecule has 2 nitrogen and oxygen atoms in total. The van der Waals surface area contributed by atoms with Gasteiger partial charge >= 0.3 is 0 Å². The maximum Gasteiger partial charge on any atom is 0.140 e. The minimum absolute atomic E-state index is 0.125. The second-order valence-corrected chi connectivity index (χ2v) is 5.74. The van der Waals surface area contributed by atoms with E-state index in [4.69, 9.17) is 5.26 Å². The maximum absolute atomic E-state index is 13.2. The molecule has 0 saturated heterocycles. The molecule has 1 unspecified atom stereocenters. The quantitative estimate of drug-likeness (QED) is 0.887. The summed E-state index contributed by atoms with van der Waals surface area (Å²) in [6, 6.07) is 7.13. The van der Waals surface area contributed by atoms with E-state index in [2.05, 4.69) is 19.2 Å². The first-order valence-electron chi connectivity index (χ1n) is 6.45. The summed E-state index contributed by atoms with van der Waals surface area (Å²) in [6.45, 7) is 5.26. The van der Waals surface area contributed by atoms with Crippen molar-refractivity contribution >= 4 is 0 Å². The van der Waals surface area contributed by atoms with Gasteiger partial charge in [0, 0.05) is 12.6 Å². The number of rotatable bonds is 3. The van der Waals surface area contributed by atoms with Crippen molar-refractivity contribution in [3.05, 3.63) is 35.1 Å². The largest absolute Gasteiger partial charge is 0.309 e. The van der Waals surface area contributed by atoms with Crippen molar-refractivity contribution in [3.63, 3.8) is 0 Å². The van der Waals surface area contributed by atoms with Crippen LogP contribution in [0.2, 0.25) is 0 Å². The third kappa shape index (κ3) is 2.70. The number of benzene rings is 1. The lowest BCUT2D eigenvalue weighted by atomic mass is 9.87. The van der Waals surface area contributed by atoms with Crippen molar-refractivity contribution < 1.29 is 4.39 Å². The first-order valence-corrected chi connectivity index (χ1v) is 6.45. The predicted octanol–water partition coefficient (Wildman–Crippen LogP) is 3.37. The number of nitriles is 1. The molecule has 1 aromatic carbocycles. The maximum atomic E-state index is 13.2. The molecule has 1 saturated carbocycles. The number of hydrogen-bond acceptors (Lipinski definition) is 2. The summed E-state index contributed by atoms with van der Waals surface area (Å²) in [7, 11) is 0. The van der Waals surface area contributed by atoms with Crippen molar-refractivity contribution in [2.75, 3.05) is 0 Å². The first-order chi connectivity index (χ1) is 8.53. The fraction of sp³-hybridized carbons (Fsp3) is 0.533. The zero-order chi connectivity index (χ0) is 13.2. The SMILES string of the molecule is CC1(C)CCCC1NCc1ccc(F)c(C#N)c1. The van der Waals surface area contributed by atoms with Gasteiger partial charge in [0.25, 0.3) is 0 Å². The number of halogens is 1. The average molecular weight is 246 g/mol. The van der Waals surface area contributed by atoms with Crippen LogP contribution in [0.4, 0.5) is 4.39 Å². The Hall–Kier alpha value is -1.40. The van der Waals surface area contributed by atoms with Crippen LogP contribution in [0.5, 0.6) is 0 Å². The van der Waals surface area contributed by atoms with Gasteiger partial charge in [0.15, 0.2) is 0 Å². The molecule has 0 radical (unpaired) electrons. The van der Waals surface area contributed by atoms with Crippen LogP contribution in [-0.4, -0.2) is 6.04 Å². The summed E-state index contributed by atoms with van der Waals surface area (Å²) in [5.41, 5.74) is 1.42. The van der Waals surface area contributed by atoms with Gasteiger partial charge in [-0.15, -0.1) is 0 Å². The first kappa shape index (κ1) is 13.0. The molecule has 96 valence electrons. The number of nitrogens with one attached hydrogen (secondary N) is 1. The minimum Gasteiger partial charge on any atom is -0.309 e. The lowest BCUT2D eigenvalue weighted by Crippen LogP contribution is -2.37. The van der Waals surface area contributed by atoms with Gasteiger partial charge in [-0.25, -0.2) is 4.39 Å². The Bertz CT molecular complexity index is 474. The van der Waals surface area contributed by atoms with Crippen LogP contribution in [0.1, 0.15) is 44.2 Å². The van der Waals surface area contributed by atoms with Gasteiger partial charge in [-0.3, -0.25) is 0 Å². The fourth-order valence-corrected chi connectivity index (χ4v) is 2.71. The molecule has 1 N–H and O–H groups in total. The van der Waals surface area contributed by atoms with Crippen LogP contribution in [0, 0.1) is 22.6 Å². The molecule has 0 aromatic heterocycles. The molecule has 1 aromatic rings. The summed E-state index contributed by atoms with van der Waals surface area (Å²) in [5, 5.41) is 12.3. The van der Waals surface area contributed by atoms with E-state index in [1.165, 1.54) is 25.3 Å². The monoisotopic (exact) mass is 246 g/mol. The molecule has 0 aliphatic heterocycles. The molecule has 18 heavy (non-hydrogen) atoms. The summed E-state index contributed by atoms with van der Waals surface area (Å²) >= 11 is 0. The number of nitrogens with zero attached hydrogens (tertiary/aromatic N) is 1. The summed E-state index contributed by atoms with van der Waals surface area (Å²) < 4.78 is 13.2. The molecular formula is C15H19FN2. The second-order valence-electron chi connectivity index (χ2n) is 5.74. The standard InChI is InChI=1S/C15H19FN2/c1-15(2)7-3-4-14(15)18-10-11-5-6-13(16)12(8-11)9-17/h5-6,8,14,18H,3-4,7,10H2,1-2H3. The van der Waals surface area contributed by atoms with Crippen LogP contribution >= 0.6 is 0 Å². The van der Waals surface area contributed by atoms with Crippen LogP contribution in [0.3, 0.4) is 0 Å². The Kier molecular flexibility index (Phi) is 3.68. The van der Waals surface area contributed by atoms with Gasteiger partial charge in [0.1, 0.15) is 11.9 Å². The van der Waals surface area contributed by atoms with Gasteiger partial charge in [-0.1, -0.05) is 26.3 Å². The van der Waals surface area contributed by atoms with Crippen LogP contribution in [0.15, 0.2) is 18.2 Å². The molecule has 3 heteroatoms. The molecule has 0 spiro atoms. The average Bonchev–Trinajstić information content (AvgIpc) is 2.67. The molecule has 2 rings (SSSR count). The Morgan fingerprint density at radius 2 is 2.28 bits per heavy atom. The van der Waals surface area contributed by atoms with Gasteiger partial charge in [-0.2, -0.15) is 5.26 Å². The highest BCUT2D eigenvalue weighted by Crippen LogP contribution is 2.37. The molecular weight excluding hydrogens is 227 g/mol. The highest BCUT2D eigenvalue weighted by atomic mass is 19.1. The van der Waals surface area contributed by atoms with E-state index in [9.17, 15) is 4.39 Å². The van der Waals surface area contributed by atoms with E-state index in [-0.39, 0.29) is 5.56 Å². The van der Waals surface area contributed by atoms with Gasteiger partial charge < -0.3 is 5.32 Å². The van der Waals surface area contributed by atoms with Gasteiger partial charge in [0.2, 0.25) is 0 Å². The third-order valence-corrected chi connectivity index (χ3v) is 3.96. The topological polar surface area (TPSA) is 35.8 Å². The molecule has 1 aliphatic rings. The Labute approximate surface area is 108 Å². The zero-order valence-corrected chi connectivity index (χ0v) is 11.0. The Morgan fingerprint density at radius 3 is 2.89 bits per heavy atom. The van der Waals surface area contributed by atoms with E-state index >= 15 is 0 Å². The highest BCUT2D eigenvalue weighted by Gasteiger charge is 2.33. The van der Waals surface area contributed by atoms with E-state index in [0.29, 0.717) is 18.0 Å². The zero-order valence-electron chi connectivity index (χ0n) is 11.0. The van der Waals surface area contributed by atoms with E-state index in [1.807, 2.05) is 6.07 Å². The summed E-state index contributed by atoms with van der Waals surface area (Å²) in [6.07, 6.45) is 3.70. The highest BCUT2D eigenvalue weighted by molar-refractivity contribution is 5.34. The van der Waals surface area contributed by atoms with Gasteiger partial charge in [0.05, 0.1) is 5.56 Å².